The fourth-order valence-corrected chi connectivity index (χ4v) is 3.53. The number of anilines is 1. The van der Waals surface area contributed by atoms with Crippen LogP contribution < -0.4 is 14.4 Å². The zero-order valence-corrected chi connectivity index (χ0v) is 16.7. The van der Waals surface area contributed by atoms with Crippen LogP contribution in [0.25, 0.3) is 11.1 Å². The van der Waals surface area contributed by atoms with E-state index >= 15 is 0 Å². The lowest BCUT2D eigenvalue weighted by Crippen LogP contribution is -2.27. The number of hydrogen-bond donors (Lipinski definition) is 0. The van der Waals surface area contributed by atoms with Crippen LogP contribution >= 0.6 is 0 Å². The minimum absolute atomic E-state index is 0.0470. The van der Waals surface area contributed by atoms with E-state index in [1.54, 1.807) is 26.2 Å². The summed E-state index contributed by atoms with van der Waals surface area (Å²) in [6.45, 7) is 0.0928. The van der Waals surface area contributed by atoms with Gasteiger partial charge in [-0.25, -0.2) is 0 Å². The predicted octanol–water partition coefficient (Wildman–Crippen LogP) is 4.18. The van der Waals surface area contributed by atoms with Gasteiger partial charge in [0.05, 0.1) is 25.6 Å². The molecule has 0 aromatic heterocycles. The fourth-order valence-electron chi connectivity index (χ4n) is 3.53. The van der Waals surface area contributed by atoms with Crippen LogP contribution in [0.15, 0.2) is 71.7 Å². The second kappa shape index (κ2) is 7.80. The molecule has 0 fully saturated rings. The quantitative estimate of drug-likeness (QED) is 0.676. The molecule has 1 amide bonds. The highest BCUT2D eigenvalue weighted by atomic mass is 16.5. The summed E-state index contributed by atoms with van der Waals surface area (Å²) in [5.74, 6) is 1.23. The number of nitrogens with zero attached hydrogens (tertiary/aromatic N) is 2. The normalized spacial score (nSPS) is 13.4. The lowest BCUT2D eigenvalue weighted by Gasteiger charge is -2.19. The Morgan fingerprint density at radius 3 is 2.28 bits per heavy atom. The van der Waals surface area contributed by atoms with Gasteiger partial charge < -0.3 is 14.4 Å². The lowest BCUT2D eigenvalue weighted by atomic mass is 9.95. The van der Waals surface area contributed by atoms with Crippen molar-refractivity contribution < 1.29 is 14.3 Å². The molecular weight excluding hydrogens is 364 g/mol. The maximum absolute atomic E-state index is 12.5. The molecule has 5 nitrogen and oxygen atoms in total. The maximum atomic E-state index is 12.5. The Labute approximate surface area is 170 Å². The van der Waals surface area contributed by atoms with Crippen LogP contribution in [0.5, 0.6) is 11.5 Å². The third-order valence-corrected chi connectivity index (χ3v) is 5.12. The van der Waals surface area contributed by atoms with Gasteiger partial charge in [0.2, 0.25) is 5.91 Å². The average Bonchev–Trinajstić information content (AvgIpc) is 2.90. The molecule has 0 aliphatic carbocycles. The smallest absolute Gasteiger partial charge is 0.248 e. The number of carbonyl (C=O) groups excluding carboxylic acids is 1. The van der Waals surface area contributed by atoms with E-state index in [-0.39, 0.29) is 12.5 Å². The maximum Gasteiger partial charge on any atom is 0.248 e. The molecule has 29 heavy (non-hydrogen) atoms. The Morgan fingerprint density at radius 2 is 1.55 bits per heavy atom. The highest BCUT2D eigenvalue weighted by Crippen LogP contribution is 2.34. The number of ether oxygens (including phenoxy) is 2. The van der Waals surface area contributed by atoms with Crippen molar-refractivity contribution >= 4 is 17.3 Å². The number of carbonyl (C=O) groups is 1. The van der Waals surface area contributed by atoms with E-state index in [0.29, 0.717) is 11.5 Å². The first-order chi connectivity index (χ1) is 14.1. The molecule has 0 saturated heterocycles. The van der Waals surface area contributed by atoms with Crippen LogP contribution in [0, 0.1) is 0 Å². The third kappa shape index (κ3) is 3.47. The molecule has 1 aliphatic rings. The highest BCUT2D eigenvalue weighted by Gasteiger charge is 2.23. The highest BCUT2D eigenvalue weighted by molar-refractivity contribution is 6.20. The average molecular weight is 386 g/mol. The molecule has 3 aromatic rings. The molecular formula is C24H22N2O3. The van der Waals surface area contributed by atoms with Crippen molar-refractivity contribution in [3.05, 3.63) is 77.9 Å². The van der Waals surface area contributed by atoms with E-state index in [1.807, 2.05) is 48.5 Å². The van der Waals surface area contributed by atoms with Crippen LogP contribution in [0.2, 0.25) is 0 Å². The Bertz CT molecular complexity index is 1090. The van der Waals surface area contributed by atoms with Crippen LogP contribution in [0.3, 0.4) is 0 Å². The molecule has 5 heteroatoms. The first-order valence-corrected chi connectivity index (χ1v) is 9.35. The van der Waals surface area contributed by atoms with Crippen molar-refractivity contribution in [2.24, 2.45) is 4.99 Å². The van der Waals surface area contributed by atoms with E-state index < -0.39 is 0 Å². The number of benzene rings is 3. The lowest BCUT2D eigenvalue weighted by molar-refractivity contribution is -0.116. The molecule has 4 rings (SSSR count). The number of hydrogen-bond acceptors (Lipinski definition) is 4. The van der Waals surface area contributed by atoms with Gasteiger partial charge in [-0.2, -0.15) is 0 Å². The van der Waals surface area contributed by atoms with Crippen LogP contribution in [0.4, 0.5) is 5.69 Å². The van der Waals surface area contributed by atoms with Gasteiger partial charge in [-0.3, -0.25) is 9.79 Å². The van der Waals surface area contributed by atoms with E-state index in [9.17, 15) is 4.79 Å². The SMILES string of the molecule is COc1ccc(C2=NCC(=O)N(C)c3ccc(-c4ccccc4)cc32)cc1OC. The standard InChI is InChI=1S/C24H22N2O3/c1-26-20-11-9-17(16-7-5-4-6-8-16)13-19(20)24(25-15-23(26)27)18-10-12-21(28-2)22(14-18)29-3/h4-14H,15H2,1-3H3. The molecule has 1 aliphatic heterocycles. The van der Waals surface area contributed by atoms with Gasteiger partial charge in [0.25, 0.3) is 0 Å². The van der Waals surface area contributed by atoms with Crippen LogP contribution in [0.1, 0.15) is 11.1 Å². The van der Waals surface area contributed by atoms with Gasteiger partial charge in [0, 0.05) is 18.2 Å². The number of rotatable bonds is 4. The van der Waals surface area contributed by atoms with Crippen LogP contribution in [-0.2, 0) is 4.79 Å². The van der Waals surface area contributed by atoms with Gasteiger partial charge in [-0.05, 0) is 41.5 Å². The molecule has 0 unspecified atom stereocenters. The van der Waals surface area contributed by atoms with Crippen molar-refractivity contribution in [3.63, 3.8) is 0 Å². The number of amides is 1. The summed E-state index contributed by atoms with van der Waals surface area (Å²) >= 11 is 0. The van der Waals surface area contributed by atoms with Gasteiger partial charge in [-0.15, -0.1) is 0 Å². The molecule has 0 radical (unpaired) electrons. The molecule has 3 aromatic carbocycles. The first kappa shape index (κ1) is 18.7. The zero-order chi connectivity index (χ0) is 20.4. The minimum Gasteiger partial charge on any atom is -0.493 e. The van der Waals surface area contributed by atoms with Crippen molar-refractivity contribution in [3.8, 4) is 22.6 Å². The van der Waals surface area contributed by atoms with Gasteiger partial charge in [0.15, 0.2) is 11.5 Å². The fraction of sp³-hybridized carbons (Fsp3) is 0.167. The molecule has 1 heterocycles. The Balaban J connectivity index is 1.90. The molecule has 0 spiro atoms. The van der Waals surface area contributed by atoms with Gasteiger partial charge in [-0.1, -0.05) is 36.4 Å². The summed E-state index contributed by atoms with van der Waals surface area (Å²) in [4.78, 5) is 18.8. The Kier molecular flexibility index (Phi) is 5.04. The summed E-state index contributed by atoms with van der Waals surface area (Å²) in [5.41, 5.74) is 5.56. The molecule has 0 saturated carbocycles. The Hall–Kier alpha value is -3.60. The summed E-state index contributed by atoms with van der Waals surface area (Å²) in [6, 6.07) is 22.0. The minimum atomic E-state index is -0.0470. The summed E-state index contributed by atoms with van der Waals surface area (Å²) in [5, 5.41) is 0. The monoisotopic (exact) mass is 386 g/mol. The molecule has 146 valence electrons. The van der Waals surface area contributed by atoms with Crippen molar-refractivity contribution in [1.82, 2.24) is 0 Å². The molecule has 0 bridgehead atoms. The molecule has 0 N–H and O–H groups in total. The van der Waals surface area contributed by atoms with Crippen molar-refractivity contribution in [2.45, 2.75) is 0 Å². The number of fused-ring (bicyclic) bond motifs is 1. The van der Waals surface area contributed by atoms with E-state index in [0.717, 1.165) is 33.7 Å². The van der Waals surface area contributed by atoms with Gasteiger partial charge in [0.1, 0.15) is 6.54 Å². The number of benzodiazepines with no additional fused rings is 1. The van der Waals surface area contributed by atoms with E-state index in [2.05, 4.69) is 23.2 Å². The predicted molar refractivity (Wildman–Crippen MR) is 115 cm³/mol. The van der Waals surface area contributed by atoms with E-state index in [4.69, 9.17) is 9.47 Å². The van der Waals surface area contributed by atoms with Crippen molar-refractivity contribution in [2.75, 3.05) is 32.7 Å². The number of methoxy groups -OCH3 is 2. The number of aliphatic imine (C=N–C) groups is 1. The van der Waals surface area contributed by atoms with Crippen molar-refractivity contribution in [1.29, 1.82) is 0 Å². The summed E-state index contributed by atoms with van der Waals surface area (Å²) < 4.78 is 10.8. The molecule has 0 atom stereocenters. The second-order valence-electron chi connectivity index (χ2n) is 6.79. The summed E-state index contributed by atoms with van der Waals surface area (Å²) in [7, 11) is 5.00. The van der Waals surface area contributed by atoms with Crippen LogP contribution in [-0.4, -0.2) is 39.4 Å². The third-order valence-electron chi connectivity index (χ3n) is 5.12. The topological polar surface area (TPSA) is 51.1 Å². The Morgan fingerprint density at radius 1 is 0.828 bits per heavy atom. The second-order valence-corrected chi connectivity index (χ2v) is 6.79. The first-order valence-electron chi connectivity index (χ1n) is 9.35. The summed E-state index contributed by atoms with van der Waals surface area (Å²) in [6.07, 6.45) is 0. The van der Waals surface area contributed by atoms with Gasteiger partial charge >= 0.3 is 0 Å². The largest absolute Gasteiger partial charge is 0.493 e. The van der Waals surface area contributed by atoms with E-state index in [1.165, 1.54) is 0 Å². The number of likely N-dealkylation sites (N-methyl/N-ethyl adjacent to an activating group) is 1. The zero-order valence-electron chi connectivity index (χ0n) is 16.7.